The summed E-state index contributed by atoms with van der Waals surface area (Å²) in [6.07, 6.45) is 0. The van der Waals surface area contributed by atoms with Crippen LogP contribution in [-0.4, -0.2) is 23.9 Å². The monoisotopic (exact) mass is 388 g/mol. The lowest BCUT2D eigenvalue weighted by molar-refractivity contribution is 0.311. The molecule has 3 N–H and O–H groups in total. The molecule has 1 aliphatic heterocycles. The molecule has 0 saturated carbocycles. The van der Waals surface area contributed by atoms with Gasteiger partial charge in [-0.25, -0.2) is 0 Å². The lowest BCUT2D eigenvalue weighted by Gasteiger charge is -2.24. The highest BCUT2D eigenvalue weighted by molar-refractivity contribution is 5.72. The third-order valence-corrected chi connectivity index (χ3v) is 4.82. The number of aromatic amines is 1. The van der Waals surface area contributed by atoms with Crippen LogP contribution < -0.4 is 19.9 Å². The van der Waals surface area contributed by atoms with Crippen molar-refractivity contribution in [3.63, 3.8) is 0 Å². The highest BCUT2D eigenvalue weighted by Gasteiger charge is 2.35. The number of H-pyrrole nitrogens is 1. The standard InChI is InChI=1S/C22H20N4O3/c1-3-28-16-10-9-14(11-17(16)27-2)20-19-18(13-7-5-4-6-8-13)15(12-23)21(24)29-22(19)26-25-20/h4-11,18H,3,24H2,1-2H3,(H,25,26)/t18-/m1/s1. The van der Waals surface area contributed by atoms with E-state index >= 15 is 0 Å². The second-order valence-electron chi connectivity index (χ2n) is 6.45. The van der Waals surface area contributed by atoms with E-state index in [9.17, 15) is 5.26 Å². The molecule has 2 aromatic carbocycles. The number of hydrogen-bond donors (Lipinski definition) is 2. The first-order valence-corrected chi connectivity index (χ1v) is 9.19. The molecule has 0 spiro atoms. The number of nitrogens with two attached hydrogens (primary N) is 1. The molecule has 7 heteroatoms. The first-order valence-electron chi connectivity index (χ1n) is 9.19. The number of hydrogen-bond acceptors (Lipinski definition) is 6. The maximum atomic E-state index is 9.76. The van der Waals surface area contributed by atoms with Crippen LogP contribution in [0.15, 0.2) is 60.0 Å². The molecule has 0 radical (unpaired) electrons. The van der Waals surface area contributed by atoms with E-state index in [4.69, 9.17) is 19.9 Å². The van der Waals surface area contributed by atoms with Gasteiger partial charge < -0.3 is 19.9 Å². The van der Waals surface area contributed by atoms with Crippen molar-refractivity contribution < 1.29 is 14.2 Å². The Morgan fingerprint density at radius 2 is 2.00 bits per heavy atom. The summed E-state index contributed by atoms with van der Waals surface area (Å²) < 4.78 is 16.7. The summed E-state index contributed by atoms with van der Waals surface area (Å²) in [4.78, 5) is 0. The van der Waals surface area contributed by atoms with Crippen molar-refractivity contribution in [2.75, 3.05) is 13.7 Å². The number of allylic oxidation sites excluding steroid dienone is 1. The maximum absolute atomic E-state index is 9.76. The summed E-state index contributed by atoms with van der Waals surface area (Å²) >= 11 is 0. The maximum Gasteiger partial charge on any atom is 0.244 e. The van der Waals surface area contributed by atoms with Crippen molar-refractivity contribution in [1.82, 2.24) is 10.2 Å². The van der Waals surface area contributed by atoms with Crippen molar-refractivity contribution in [2.45, 2.75) is 12.8 Å². The Bertz CT molecular complexity index is 1110. The molecule has 1 aliphatic rings. The van der Waals surface area contributed by atoms with Gasteiger partial charge in [-0.05, 0) is 30.7 Å². The Kier molecular flexibility index (Phi) is 4.83. The molecule has 4 rings (SSSR count). The average molecular weight is 388 g/mol. The number of fused-ring (bicyclic) bond motifs is 1. The molecular formula is C22H20N4O3. The molecule has 29 heavy (non-hydrogen) atoms. The topological polar surface area (TPSA) is 106 Å². The minimum Gasteiger partial charge on any atom is -0.493 e. The number of rotatable bonds is 5. The van der Waals surface area contributed by atoms with Crippen molar-refractivity contribution >= 4 is 0 Å². The van der Waals surface area contributed by atoms with Gasteiger partial charge in [-0.1, -0.05) is 30.3 Å². The number of methoxy groups -OCH3 is 1. The van der Waals surface area contributed by atoms with Crippen LogP contribution >= 0.6 is 0 Å². The van der Waals surface area contributed by atoms with Crippen molar-refractivity contribution in [3.8, 4) is 34.7 Å². The second-order valence-corrected chi connectivity index (χ2v) is 6.45. The first-order chi connectivity index (χ1) is 14.2. The van der Waals surface area contributed by atoms with Crippen LogP contribution in [0, 0.1) is 11.3 Å². The highest BCUT2D eigenvalue weighted by Crippen LogP contribution is 2.46. The second kappa shape index (κ2) is 7.60. The number of ether oxygens (including phenoxy) is 3. The van der Waals surface area contributed by atoms with E-state index in [0.29, 0.717) is 29.6 Å². The van der Waals surface area contributed by atoms with E-state index < -0.39 is 5.92 Å². The van der Waals surface area contributed by atoms with Gasteiger partial charge in [0, 0.05) is 5.56 Å². The zero-order valence-corrected chi connectivity index (χ0v) is 16.1. The number of nitrogens with one attached hydrogen (secondary N) is 1. The van der Waals surface area contributed by atoms with E-state index in [0.717, 1.165) is 22.4 Å². The number of benzene rings is 2. The van der Waals surface area contributed by atoms with Crippen LogP contribution in [0.4, 0.5) is 0 Å². The molecule has 146 valence electrons. The minimum atomic E-state index is -0.392. The number of nitriles is 1. The molecule has 2 heterocycles. The summed E-state index contributed by atoms with van der Waals surface area (Å²) in [7, 11) is 1.59. The van der Waals surface area contributed by atoms with Gasteiger partial charge in [-0.3, -0.25) is 5.10 Å². The van der Waals surface area contributed by atoms with Crippen LogP contribution in [0.5, 0.6) is 17.4 Å². The van der Waals surface area contributed by atoms with Gasteiger partial charge in [0.25, 0.3) is 0 Å². The average Bonchev–Trinajstić information content (AvgIpc) is 3.17. The normalized spacial score (nSPS) is 15.3. The molecule has 0 saturated heterocycles. The Morgan fingerprint density at radius 1 is 1.21 bits per heavy atom. The first kappa shape index (κ1) is 18.4. The van der Waals surface area contributed by atoms with E-state index in [1.54, 1.807) is 7.11 Å². The molecule has 0 bridgehead atoms. The van der Waals surface area contributed by atoms with Crippen LogP contribution in [0.25, 0.3) is 11.3 Å². The van der Waals surface area contributed by atoms with Gasteiger partial charge in [0.05, 0.1) is 30.9 Å². The molecular weight excluding hydrogens is 368 g/mol. The Hall–Kier alpha value is -3.92. The van der Waals surface area contributed by atoms with E-state index in [1.807, 2.05) is 55.5 Å². The van der Waals surface area contributed by atoms with Gasteiger partial charge in [0.15, 0.2) is 11.5 Å². The fraction of sp³-hybridized carbons (Fsp3) is 0.182. The fourth-order valence-electron chi connectivity index (χ4n) is 3.54. The SMILES string of the molecule is CCOc1ccc(-c2[nH]nc3c2[C@H](c2ccccc2)C(C#N)=C(N)O3)cc1OC. The summed E-state index contributed by atoms with van der Waals surface area (Å²) in [6, 6.07) is 17.5. The third-order valence-electron chi connectivity index (χ3n) is 4.82. The van der Waals surface area contributed by atoms with Crippen molar-refractivity contribution in [3.05, 3.63) is 71.1 Å². The van der Waals surface area contributed by atoms with Gasteiger partial charge in [0.1, 0.15) is 11.6 Å². The molecule has 0 aliphatic carbocycles. The summed E-state index contributed by atoms with van der Waals surface area (Å²) in [5.41, 5.74) is 9.63. The van der Waals surface area contributed by atoms with Crippen LogP contribution in [0.1, 0.15) is 24.0 Å². The van der Waals surface area contributed by atoms with E-state index in [2.05, 4.69) is 16.3 Å². The Morgan fingerprint density at radius 3 is 2.69 bits per heavy atom. The molecule has 0 unspecified atom stereocenters. The van der Waals surface area contributed by atoms with Gasteiger partial charge >= 0.3 is 0 Å². The van der Waals surface area contributed by atoms with E-state index in [1.165, 1.54) is 0 Å². The smallest absolute Gasteiger partial charge is 0.244 e. The largest absolute Gasteiger partial charge is 0.493 e. The molecule has 0 amide bonds. The van der Waals surface area contributed by atoms with Crippen molar-refractivity contribution in [1.29, 1.82) is 5.26 Å². The molecule has 1 aromatic heterocycles. The minimum absolute atomic E-state index is 0.0659. The third kappa shape index (κ3) is 3.15. The Labute approximate surface area is 168 Å². The van der Waals surface area contributed by atoms with Crippen LogP contribution in [0.3, 0.4) is 0 Å². The quantitative estimate of drug-likeness (QED) is 0.690. The zero-order valence-electron chi connectivity index (χ0n) is 16.1. The lowest BCUT2D eigenvalue weighted by Crippen LogP contribution is -2.20. The molecule has 3 aromatic rings. The van der Waals surface area contributed by atoms with Crippen LogP contribution in [0.2, 0.25) is 0 Å². The molecule has 1 atom stereocenters. The zero-order chi connectivity index (χ0) is 20.4. The summed E-state index contributed by atoms with van der Waals surface area (Å²) in [5, 5.41) is 17.1. The fourth-order valence-corrected chi connectivity index (χ4v) is 3.54. The van der Waals surface area contributed by atoms with Gasteiger partial charge in [-0.2, -0.15) is 5.26 Å². The highest BCUT2D eigenvalue weighted by atomic mass is 16.5. The summed E-state index contributed by atoms with van der Waals surface area (Å²) in [6.45, 7) is 2.45. The number of nitrogens with zero attached hydrogens (tertiary/aromatic N) is 2. The van der Waals surface area contributed by atoms with E-state index in [-0.39, 0.29) is 5.88 Å². The molecule has 7 nitrogen and oxygen atoms in total. The van der Waals surface area contributed by atoms with Gasteiger partial charge in [0.2, 0.25) is 11.8 Å². The van der Waals surface area contributed by atoms with Gasteiger partial charge in [-0.15, -0.1) is 5.10 Å². The lowest BCUT2D eigenvalue weighted by atomic mass is 9.83. The summed E-state index contributed by atoms with van der Waals surface area (Å²) in [5.74, 6) is 1.30. The predicted octanol–water partition coefficient (Wildman–Crippen LogP) is 3.70. The molecule has 0 fully saturated rings. The Balaban J connectivity index is 1.89. The van der Waals surface area contributed by atoms with Crippen LogP contribution in [-0.2, 0) is 0 Å². The number of aromatic nitrogens is 2. The predicted molar refractivity (Wildman–Crippen MR) is 107 cm³/mol. The van der Waals surface area contributed by atoms with Crippen molar-refractivity contribution in [2.24, 2.45) is 5.73 Å².